The van der Waals surface area contributed by atoms with Gasteiger partial charge in [-0.05, 0) is 35.9 Å². The molecule has 190 valence electrons. The highest BCUT2D eigenvalue weighted by Gasteiger charge is 2.13. The van der Waals surface area contributed by atoms with Crippen molar-refractivity contribution in [3.05, 3.63) is 76.8 Å². The van der Waals surface area contributed by atoms with Crippen LogP contribution in [0.4, 0.5) is 0 Å². The summed E-state index contributed by atoms with van der Waals surface area (Å²) in [5.74, 6) is -0.461. The van der Waals surface area contributed by atoms with Gasteiger partial charge in [0.05, 0.1) is 6.54 Å². The van der Waals surface area contributed by atoms with Crippen LogP contribution in [0, 0.1) is 0 Å². The number of hydrogen-bond acceptors (Lipinski definition) is 5. The molecule has 0 aliphatic heterocycles. The van der Waals surface area contributed by atoms with Crippen LogP contribution in [0.2, 0.25) is 5.15 Å². The highest BCUT2D eigenvalue weighted by atomic mass is 35.5. The lowest BCUT2D eigenvalue weighted by atomic mass is 10.0. The monoisotopic (exact) mass is 510 g/mol. The Morgan fingerprint density at radius 1 is 0.917 bits per heavy atom. The summed E-state index contributed by atoms with van der Waals surface area (Å²) in [5, 5.41) is 7.96. The molecule has 9 heteroatoms. The number of nitrogens with one attached hydrogen (secondary N) is 3. The number of aromatic nitrogens is 1. The van der Waals surface area contributed by atoms with Crippen LogP contribution in [0.1, 0.15) is 65.0 Å². The van der Waals surface area contributed by atoms with E-state index in [9.17, 15) is 14.4 Å². The van der Waals surface area contributed by atoms with Crippen molar-refractivity contribution in [1.82, 2.24) is 20.9 Å². The zero-order chi connectivity index (χ0) is 25.8. The summed E-state index contributed by atoms with van der Waals surface area (Å²) in [4.78, 5) is 39.4. The molecule has 0 atom stereocenters. The van der Waals surface area contributed by atoms with Crippen LogP contribution in [0.3, 0.4) is 0 Å². The molecule has 1 aliphatic carbocycles. The molecular formula is C27H31ClN4O4. The molecule has 1 fully saturated rings. The fraction of sp³-hybridized carbons (Fsp3) is 0.333. The number of hydrogen-bond donors (Lipinski definition) is 3. The summed E-state index contributed by atoms with van der Waals surface area (Å²) in [6.45, 7) is 0.163. The number of rotatable bonds is 7. The summed E-state index contributed by atoms with van der Waals surface area (Å²) in [6.07, 6.45) is 10.5. The van der Waals surface area contributed by atoms with Crippen molar-refractivity contribution >= 4 is 29.3 Å². The standard InChI is InChI=1S/C21H19ClN4O4.C6H12/c1-23-19(27)12-26-21(29)17-6-5-16(30-17)14-4-2-3-13(9-14)11-25-20(28)15-7-8-24-18(22)10-15;1-2-4-6-5-3-1/h2-10H,11-12H2,1H3,(H,23,27)(H,25,28)(H,26,29);1-6H2. The Labute approximate surface area is 215 Å². The maximum Gasteiger partial charge on any atom is 0.287 e. The zero-order valence-corrected chi connectivity index (χ0v) is 21.1. The molecule has 4 rings (SSSR count). The second-order valence-electron chi connectivity index (χ2n) is 8.39. The smallest absolute Gasteiger partial charge is 0.287 e. The van der Waals surface area contributed by atoms with E-state index in [2.05, 4.69) is 20.9 Å². The molecule has 0 saturated heterocycles. The van der Waals surface area contributed by atoms with Gasteiger partial charge in [0.15, 0.2) is 5.76 Å². The number of amides is 3. The van der Waals surface area contributed by atoms with E-state index in [-0.39, 0.29) is 29.3 Å². The summed E-state index contributed by atoms with van der Waals surface area (Å²) in [6, 6.07) is 13.7. The van der Waals surface area contributed by atoms with Crippen molar-refractivity contribution in [2.45, 2.75) is 45.1 Å². The molecule has 0 bridgehead atoms. The van der Waals surface area contributed by atoms with Crippen molar-refractivity contribution in [1.29, 1.82) is 0 Å². The minimum absolute atomic E-state index is 0.0992. The first kappa shape index (κ1) is 26.9. The molecule has 2 aromatic heterocycles. The Bertz CT molecular complexity index is 1160. The molecule has 2 heterocycles. The predicted molar refractivity (Wildman–Crippen MR) is 139 cm³/mol. The molecule has 3 aromatic rings. The van der Waals surface area contributed by atoms with Gasteiger partial charge in [0.25, 0.3) is 11.8 Å². The van der Waals surface area contributed by atoms with Crippen LogP contribution >= 0.6 is 11.6 Å². The second-order valence-corrected chi connectivity index (χ2v) is 8.78. The van der Waals surface area contributed by atoms with Crippen molar-refractivity contribution in [2.24, 2.45) is 0 Å². The van der Waals surface area contributed by atoms with Crippen molar-refractivity contribution in [3.63, 3.8) is 0 Å². The predicted octanol–water partition coefficient (Wildman–Crippen LogP) is 4.74. The van der Waals surface area contributed by atoms with Gasteiger partial charge in [-0.3, -0.25) is 14.4 Å². The van der Waals surface area contributed by atoms with Crippen LogP contribution in [-0.4, -0.2) is 36.3 Å². The number of likely N-dealkylation sites (N-methyl/N-ethyl adjacent to an activating group) is 1. The number of carbonyl (C=O) groups is 3. The molecule has 0 radical (unpaired) electrons. The average molecular weight is 511 g/mol. The minimum Gasteiger partial charge on any atom is -0.451 e. The van der Waals surface area contributed by atoms with Crippen LogP contribution in [0.5, 0.6) is 0 Å². The number of carbonyl (C=O) groups excluding carboxylic acids is 3. The normalized spacial score (nSPS) is 12.6. The Kier molecular flexibility index (Phi) is 10.5. The van der Waals surface area contributed by atoms with E-state index in [1.807, 2.05) is 24.3 Å². The van der Waals surface area contributed by atoms with Crippen molar-refractivity contribution in [3.8, 4) is 11.3 Å². The zero-order valence-electron chi connectivity index (χ0n) is 20.3. The van der Waals surface area contributed by atoms with Crippen LogP contribution in [-0.2, 0) is 11.3 Å². The largest absolute Gasteiger partial charge is 0.451 e. The number of benzene rings is 1. The number of halogens is 1. The average Bonchev–Trinajstić information content (AvgIpc) is 3.42. The Morgan fingerprint density at radius 3 is 2.31 bits per heavy atom. The van der Waals surface area contributed by atoms with E-state index < -0.39 is 5.91 Å². The van der Waals surface area contributed by atoms with Gasteiger partial charge in [-0.25, -0.2) is 4.98 Å². The SMILES string of the molecule is C1CCCCC1.CNC(=O)CNC(=O)c1ccc(-c2cccc(CNC(=O)c3ccnc(Cl)c3)c2)o1. The fourth-order valence-corrected chi connectivity index (χ4v) is 3.85. The van der Waals surface area contributed by atoms with Gasteiger partial charge in [-0.2, -0.15) is 0 Å². The maximum atomic E-state index is 12.2. The van der Waals surface area contributed by atoms with Gasteiger partial charge in [0.1, 0.15) is 10.9 Å². The summed E-state index contributed by atoms with van der Waals surface area (Å²) in [5.41, 5.74) is 2.02. The van der Waals surface area contributed by atoms with Crippen molar-refractivity contribution in [2.75, 3.05) is 13.6 Å². The van der Waals surface area contributed by atoms with Crippen molar-refractivity contribution < 1.29 is 18.8 Å². The third-order valence-corrected chi connectivity index (χ3v) is 5.88. The molecule has 0 spiro atoms. The third-order valence-electron chi connectivity index (χ3n) is 5.67. The van der Waals surface area contributed by atoms with Gasteiger partial charge in [0.2, 0.25) is 5.91 Å². The molecule has 0 unspecified atom stereocenters. The molecule has 1 saturated carbocycles. The van der Waals surface area contributed by atoms with Gasteiger partial charge >= 0.3 is 0 Å². The Balaban J connectivity index is 0.000000526. The fourth-order valence-electron chi connectivity index (χ4n) is 3.67. The summed E-state index contributed by atoms with van der Waals surface area (Å²) in [7, 11) is 1.49. The number of nitrogens with zero attached hydrogens (tertiary/aromatic N) is 1. The minimum atomic E-state index is -0.482. The number of pyridine rings is 1. The first-order valence-electron chi connectivity index (χ1n) is 12.0. The molecular weight excluding hydrogens is 480 g/mol. The lowest BCUT2D eigenvalue weighted by Gasteiger charge is -2.07. The van der Waals surface area contributed by atoms with E-state index in [1.54, 1.807) is 12.1 Å². The molecule has 3 N–H and O–H groups in total. The molecule has 36 heavy (non-hydrogen) atoms. The highest BCUT2D eigenvalue weighted by Crippen LogP contribution is 2.23. The lowest BCUT2D eigenvalue weighted by molar-refractivity contribution is -0.119. The molecule has 1 aromatic carbocycles. The van der Waals surface area contributed by atoms with Gasteiger partial charge in [-0.15, -0.1) is 0 Å². The van der Waals surface area contributed by atoms with Gasteiger partial charge < -0.3 is 20.4 Å². The maximum absolute atomic E-state index is 12.2. The third kappa shape index (κ3) is 8.53. The Hall–Kier alpha value is -3.65. The van der Waals surface area contributed by atoms with E-state index in [4.69, 9.17) is 16.0 Å². The highest BCUT2D eigenvalue weighted by molar-refractivity contribution is 6.29. The van der Waals surface area contributed by atoms with E-state index in [1.165, 1.54) is 63.9 Å². The van der Waals surface area contributed by atoms with E-state index >= 15 is 0 Å². The van der Waals surface area contributed by atoms with E-state index in [0.29, 0.717) is 17.9 Å². The van der Waals surface area contributed by atoms with Gasteiger partial charge in [0, 0.05) is 30.9 Å². The molecule has 1 aliphatic rings. The molecule has 3 amide bonds. The topological polar surface area (TPSA) is 113 Å². The second kappa shape index (κ2) is 14.0. The molecule has 8 nitrogen and oxygen atoms in total. The number of furan rings is 1. The lowest BCUT2D eigenvalue weighted by Crippen LogP contribution is -2.34. The van der Waals surface area contributed by atoms with Crippen LogP contribution in [0.15, 0.2) is 59.1 Å². The summed E-state index contributed by atoms with van der Waals surface area (Å²) < 4.78 is 5.61. The first-order chi connectivity index (χ1) is 17.5. The van der Waals surface area contributed by atoms with Crippen LogP contribution < -0.4 is 16.0 Å². The summed E-state index contributed by atoms with van der Waals surface area (Å²) >= 11 is 5.81. The Morgan fingerprint density at radius 2 is 1.64 bits per heavy atom. The van der Waals surface area contributed by atoms with Crippen LogP contribution in [0.25, 0.3) is 11.3 Å². The van der Waals surface area contributed by atoms with E-state index in [0.717, 1.165) is 11.1 Å². The quantitative estimate of drug-likeness (QED) is 0.397. The first-order valence-corrected chi connectivity index (χ1v) is 12.4. The van der Waals surface area contributed by atoms with Gasteiger partial charge in [-0.1, -0.05) is 68.3 Å².